The Morgan fingerprint density at radius 3 is 1.63 bits per heavy atom. The van der Waals surface area contributed by atoms with Crippen LogP contribution >= 0.6 is 11.3 Å². The highest BCUT2D eigenvalue weighted by Crippen LogP contribution is 2.51. The zero-order valence-electron chi connectivity index (χ0n) is 33.4. The number of hydrogen-bond acceptors (Lipinski definition) is 2. The summed E-state index contributed by atoms with van der Waals surface area (Å²) < 4.78 is 5.07. The van der Waals surface area contributed by atoms with Gasteiger partial charge in [0.1, 0.15) is 0 Å². The van der Waals surface area contributed by atoms with Gasteiger partial charge in [0.25, 0.3) is 0 Å². The van der Waals surface area contributed by atoms with Gasteiger partial charge >= 0.3 is 0 Å². The van der Waals surface area contributed by atoms with Crippen molar-refractivity contribution in [2.75, 3.05) is 4.90 Å². The van der Waals surface area contributed by atoms with Crippen LogP contribution in [0.5, 0.6) is 0 Å². The lowest BCUT2D eigenvalue weighted by molar-refractivity contribution is 0.660. The third-order valence-electron chi connectivity index (χ3n) is 12.8. The fourth-order valence-electron chi connectivity index (χ4n) is 9.97. The van der Waals surface area contributed by atoms with Crippen LogP contribution in [-0.2, 0) is 5.41 Å². The van der Waals surface area contributed by atoms with E-state index in [1.165, 1.54) is 92.2 Å². The molecule has 0 saturated carbocycles. The molecule has 0 spiro atoms. The van der Waals surface area contributed by atoms with Crippen molar-refractivity contribution in [1.29, 1.82) is 0 Å². The van der Waals surface area contributed by atoms with Crippen molar-refractivity contribution in [3.63, 3.8) is 0 Å². The molecule has 3 heteroatoms. The standard InChI is InChI=1S/C57H40N2S/c1-57(2)49-20-8-3-15-44(49)45-35-34-41(36-50(45)57)58(40-32-28-38(29-33-40)43-19-13-25-55-56(43)48-18-7-12-24-54(48)60-55)39-30-26-37(27-31-39)42-14-4-9-21-51(42)59-52-22-10-5-16-46(52)47-17-6-11-23-53(47)59/h3-36H,1-2H3. The molecule has 12 rings (SSSR count). The van der Waals surface area contributed by atoms with Crippen molar-refractivity contribution in [2.24, 2.45) is 0 Å². The predicted molar refractivity (Wildman–Crippen MR) is 257 cm³/mol. The first-order valence-electron chi connectivity index (χ1n) is 20.8. The molecule has 0 unspecified atom stereocenters. The molecule has 1 aliphatic carbocycles. The van der Waals surface area contributed by atoms with Crippen molar-refractivity contribution in [3.8, 4) is 39.1 Å². The average Bonchev–Trinajstić information content (AvgIpc) is 3.93. The van der Waals surface area contributed by atoms with Crippen LogP contribution in [0.4, 0.5) is 17.1 Å². The highest BCUT2D eigenvalue weighted by Gasteiger charge is 2.35. The lowest BCUT2D eigenvalue weighted by atomic mass is 9.82. The van der Waals surface area contributed by atoms with E-state index in [1.807, 2.05) is 11.3 Å². The van der Waals surface area contributed by atoms with E-state index in [-0.39, 0.29) is 5.41 Å². The molecule has 0 bridgehead atoms. The Bertz CT molecular complexity index is 3400. The van der Waals surface area contributed by atoms with Crippen molar-refractivity contribution in [3.05, 3.63) is 217 Å². The summed E-state index contributed by atoms with van der Waals surface area (Å²) in [6, 6.07) is 76.0. The van der Waals surface area contributed by atoms with Gasteiger partial charge in [-0.1, -0.05) is 153 Å². The van der Waals surface area contributed by atoms with Gasteiger partial charge in [-0.15, -0.1) is 11.3 Å². The van der Waals surface area contributed by atoms with E-state index >= 15 is 0 Å². The SMILES string of the molecule is CC1(C)c2ccccc2-c2ccc(N(c3ccc(-c4ccccc4-n4c5ccccc5c5ccccc54)cc3)c3ccc(-c4cccc5sc6ccccc6c45)cc3)cc21. The van der Waals surface area contributed by atoms with Crippen molar-refractivity contribution < 1.29 is 0 Å². The molecule has 0 N–H and O–H groups in total. The number of thiophene rings is 1. The van der Waals surface area contributed by atoms with Crippen molar-refractivity contribution in [2.45, 2.75) is 19.3 Å². The molecule has 0 aliphatic heterocycles. The minimum Gasteiger partial charge on any atom is -0.310 e. The molecule has 0 radical (unpaired) electrons. The summed E-state index contributed by atoms with van der Waals surface area (Å²) in [7, 11) is 0. The van der Waals surface area contributed by atoms with Crippen LogP contribution in [0, 0.1) is 0 Å². The molecule has 2 heterocycles. The largest absolute Gasteiger partial charge is 0.310 e. The Balaban J connectivity index is 0.989. The Labute approximate surface area is 353 Å². The van der Waals surface area contributed by atoms with Crippen molar-refractivity contribution in [1.82, 2.24) is 4.57 Å². The highest BCUT2D eigenvalue weighted by atomic mass is 32.1. The van der Waals surface area contributed by atoms with E-state index in [0.29, 0.717) is 0 Å². The fourth-order valence-corrected chi connectivity index (χ4v) is 11.1. The molecule has 0 amide bonds. The lowest BCUT2D eigenvalue weighted by Crippen LogP contribution is -2.16. The van der Waals surface area contributed by atoms with Crippen LogP contribution < -0.4 is 4.90 Å². The van der Waals surface area contributed by atoms with E-state index in [4.69, 9.17) is 0 Å². The van der Waals surface area contributed by atoms with Crippen LogP contribution in [0.15, 0.2) is 206 Å². The van der Waals surface area contributed by atoms with Crippen LogP contribution in [0.1, 0.15) is 25.0 Å². The number of fused-ring (bicyclic) bond motifs is 9. The highest BCUT2D eigenvalue weighted by molar-refractivity contribution is 7.25. The number of anilines is 3. The molecule has 2 nitrogen and oxygen atoms in total. The van der Waals surface area contributed by atoms with Crippen LogP contribution in [-0.4, -0.2) is 4.57 Å². The summed E-state index contributed by atoms with van der Waals surface area (Å²) in [6.45, 7) is 4.72. The predicted octanol–water partition coefficient (Wildman–Crippen LogP) is 16.3. The van der Waals surface area contributed by atoms with Crippen LogP contribution in [0.3, 0.4) is 0 Å². The maximum atomic E-state index is 2.42. The summed E-state index contributed by atoms with van der Waals surface area (Å²) in [5, 5.41) is 5.18. The first-order chi connectivity index (χ1) is 29.5. The van der Waals surface area contributed by atoms with Gasteiger partial charge in [-0.3, -0.25) is 0 Å². The Morgan fingerprint density at radius 1 is 0.400 bits per heavy atom. The van der Waals surface area contributed by atoms with Crippen LogP contribution in [0.25, 0.3) is 81.0 Å². The second-order valence-corrected chi connectivity index (χ2v) is 17.6. The molecule has 2 aromatic heterocycles. The number of rotatable bonds is 6. The number of nitrogens with zero attached hydrogens (tertiary/aromatic N) is 2. The summed E-state index contributed by atoms with van der Waals surface area (Å²) in [5.41, 5.74) is 17.1. The van der Waals surface area contributed by atoms with Gasteiger partial charge in [-0.25, -0.2) is 0 Å². The Morgan fingerprint density at radius 2 is 0.917 bits per heavy atom. The van der Waals surface area contributed by atoms with Gasteiger partial charge in [0, 0.05) is 59.0 Å². The number of aromatic nitrogens is 1. The zero-order chi connectivity index (χ0) is 40.0. The summed E-state index contributed by atoms with van der Waals surface area (Å²) in [5.74, 6) is 0. The smallest absolute Gasteiger partial charge is 0.0541 e. The van der Waals surface area contributed by atoms with E-state index in [2.05, 4.69) is 230 Å². The second-order valence-electron chi connectivity index (χ2n) is 16.5. The Kier molecular flexibility index (Phi) is 7.79. The third-order valence-corrected chi connectivity index (χ3v) is 14.0. The minimum absolute atomic E-state index is 0.111. The number of hydrogen-bond donors (Lipinski definition) is 0. The van der Waals surface area contributed by atoms with E-state index in [0.717, 1.165) is 17.1 Å². The summed E-state index contributed by atoms with van der Waals surface area (Å²) in [6.07, 6.45) is 0. The average molecular weight is 785 g/mol. The number of para-hydroxylation sites is 3. The topological polar surface area (TPSA) is 8.17 Å². The third kappa shape index (κ3) is 5.26. The molecule has 9 aromatic carbocycles. The molecule has 1 aliphatic rings. The minimum atomic E-state index is -0.111. The molecule has 284 valence electrons. The second kappa shape index (κ2) is 13.4. The summed E-state index contributed by atoms with van der Waals surface area (Å²) in [4.78, 5) is 2.42. The zero-order valence-corrected chi connectivity index (χ0v) is 34.2. The van der Waals surface area contributed by atoms with Gasteiger partial charge < -0.3 is 9.47 Å². The normalized spacial score (nSPS) is 13.0. The van der Waals surface area contributed by atoms with Gasteiger partial charge in [0.05, 0.1) is 16.7 Å². The number of benzene rings is 9. The van der Waals surface area contributed by atoms with E-state index < -0.39 is 0 Å². The van der Waals surface area contributed by atoms with E-state index in [1.54, 1.807) is 0 Å². The van der Waals surface area contributed by atoms with Gasteiger partial charge in [0.15, 0.2) is 0 Å². The molecular weight excluding hydrogens is 745 g/mol. The molecule has 11 aromatic rings. The van der Waals surface area contributed by atoms with Gasteiger partial charge in [0.2, 0.25) is 0 Å². The quantitative estimate of drug-likeness (QED) is 0.163. The maximum Gasteiger partial charge on any atom is 0.0541 e. The first-order valence-corrected chi connectivity index (χ1v) is 21.6. The van der Waals surface area contributed by atoms with Gasteiger partial charge in [-0.2, -0.15) is 0 Å². The molecular formula is C57H40N2S. The summed E-state index contributed by atoms with van der Waals surface area (Å²) >= 11 is 1.87. The molecule has 60 heavy (non-hydrogen) atoms. The monoisotopic (exact) mass is 784 g/mol. The Hall–Kier alpha value is -7.20. The fraction of sp³-hybridized carbons (Fsp3) is 0.0526. The van der Waals surface area contributed by atoms with Gasteiger partial charge in [-0.05, 0) is 106 Å². The molecule has 0 fully saturated rings. The molecule has 0 atom stereocenters. The first kappa shape index (κ1) is 34.8. The van der Waals surface area contributed by atoms with E-state index in [9.17, 15) is 0 Å². The van der Waals surface area contributed by atoms with Crippen molar-refractivity contribution >= 4 is 70.4 Å². The molecule has 0 saturated heterocycles. The maximum absolute atomic E-state index is 2.42. The lowest BCUT2D eigenvalue weighted by Gasteiger charge is -2.28. The van der Waals surface area contributed by atoms with Crippen LogP contribution in [0.2, 0.25) is 0 Å².